The number of benzene rings is 1. The number of hydrogen-bond acceptors (Lipinski definition) is 3. The Kier molecular flexibility index (Phi) is 4.35. The van der Waals surface area contributed by atoms with Crippen LogP contribution < -0.4 is 15.8 Å². The smallest absolute Gasteiger partial charge is 0.239 e. The van der Waals surface area contributed by atoms with E-state index in [4.69, 9.17) is 10.5 Å². The minimum atomic E-state index is -0.475. The molecule has 1 rings (SSSR count). The normalized spacial score (nSPS) is 13.2. The van der Waals surface area contributed by atoms with Crippen molar-refractivity contribution in [1.82, 2.24) is 5.32 Å². The highest BCUT2D eigenvalue weighted by Gasteiger charge is 2.22. The largest absolute Gasteiger partial charge is 0.496 e. The number of nitrogens with one attached hydrogen (secondary N) is 1. The van der Waals surface area contributed by atoms with Crippen LogP contribution in [0.25, 0.3) is 0 Å². The molecule has 4 nitrogen and oxygen atoms in total. The van der Waals surface area contributed by atoms with E-state index < -0.39 is 6.04 Å². The molecule has 0 bridgehead atoms. The van der Waals surface area contributed by atoms with Crippen LogP contribution in [0, 0.1) is 0 Å². The van der Waals surface area contributed by atoms with E-state index >= 15 is 0 Å². The fraction of sp³-hybridized carbons (Fsp3) is 0.500. The number of carbonyl (C=O) groups excluding carboxylic acids is 1. The molecule has 18 heavy (non-hydrogen) atoms. The molecule has 100 valence electrons. The van der Waals surface area contributed by atoms with Gasteiger partial charge in [0, 0.05) is 0 Å². The summed E-state index contributed by atoms with van der Waals surface area (Å²) in [5, 5.41) is 2.92. The topological polar surface area (TPSA) is 64.3 Å². The van der Waals surface area contributed by atoms with Crippen LogP contribution in [0.2, 0.25) is 0 Å². The van der Waals surface area contributed by atoms with Gasteiger partial charge in [-0.25, -0.2) is 0 Å². The lowest BCUT2D eigenvalue weighted by molar-refractivity contribution is -0.120. The van der Waals surface area contributed by atoms with Gasteiger partial charge in [-0.15, -0.1) is 0 Å². The Balaban J connectivity index is 3.30. The van der Waals surface area contributed by atoms with E-state index in [1.807, 2.05) is 18.2 Å². The van der Waals surface area contributed by atoms with Gasteiger partial charge < -0.3 is 15.8 Å². The second-order valence-electron chi connectivity index (χ2n) is 5.33. The molecule has 1 aromatic carbocycles. The van der Waals surface area contributed by atoms with Gasteiger partial charge in [-0.3, -0.25) is 4.79 Å². The molecule has 1 unspecified atom stereocenters. The quantitative estimate of drug-likeness (QED) is 0.855. The van der Waals surface area contributed by atoms with Gasteiger partial charge in [-0.1, -0.05) is 26.8 Å². The number of likely N-dealkylation sites (N-methyl/N-ethyl adjacent to an activating group) is 1. The van der Waals surface area contributed by atoms with E-state index in [9.17, 15) is 4.79 Å². The molecule has 0 radical (unpaired) electrons. The lowest BCUT2D eigenvalue weighted by Gasteiger charge is -2.24. The van der Waals surface area contributed by atoms with Crippen molar-refractivity contribution in [3.8, 4) is 5.75 Å². The van der Waals surface area contributed by atoms with Crippen molar-refractivity contribution in [1.29, 1.82) is 0 Å². The average molecular weight is 250 g/mol. The number of primary amides is 1. The van der Waals surface area contributed by atoms with Gasteiger partial charge in [0.2, 0.25) is 5.91 Å². The molecule has 0 aliphatic carbocycles. The monoisotopic (exact) mass is 250 g/mol. The van der Waals surface area contributed by atoms with Crippen LogP contribution in [0.4, 0.5) is 0 Å². The first-order valence-corrected chi connectivity index (χ1v) is 5.96. The number of amides is 1. The zero-order chi connectivity index (χ0) is 13.9. The maximum atomic E-state index is 11.4. The summed E-state index contributed by atoms with van der Waals surface area (Å²) in [6.07, 6.45) is 0. The molecule has 1 amide bonds. The SMILES string of the molecule is CNC(C(N)=O)c1ccc(OC)c(C(C)(C)C)c1. The molecule has 0 aliphatic heterocycles. The van der Waals surface area contributed by atoms with Crippen LogP contribution in [0.15, 0.2) is 18.2 Å². The number of nitrogens with two attached hydrogens (primary N) is 1. The van der Waals surface area contributed by atoms with Crippen molar-refractivity contribution >= 4 is 5.91 Å². The second-order valence-corrected chi connectivity index (χ2v) is 5.33. The zero-order valence-corrected chi connectivity index (χ0v) is 11.7. The van der Waals surface area contributed by atoms with Gasteiger partial charge >= 0.3 is 0 Å². The van der Waals surface area contributed by atoms with Crippen LogP contribution in [-0.2, 0) is 10.2 Å². The van der Waals surface area contributed by atoms with Crippen molar-refractivity contribution in [2.24, 2.45) is 5.73 Å². The molecule has 0 aliphatic rings. The molecule has 0 saturated carbocycles. The third kappa shape index (κ3) is 3.01. The van der Waals surface area contributed by atoms with Crippen LogP contribution >= 0.6 is 0 Å². The van der Waals surface area contributed by atoms with Gasteiger partial charge in [-0.05, 0) is 35.7 Å². The van der Waals surface area contributed by atoms with E-state index in [2.05, 4.69) is 26.1 Å². The first-order chi connectivity index (χ1) is 8.31. The molecule has 0 fully saturated rings. The van der Waals surface area contributed by atoms with Crippen molar-refractivity contribution < 1.29 is 9.53 Å². The summed E-state index contributed by atoms with van der Waals surface area (Å²) in [5.74, 6) is 0.438. The lowest BCUT2D eigenvalue weighted by atomic mass is 9.84. The Hall–Kier alpha value is -1.55. The predicted octanol–water partition coefficient (Wildman–Crippen LogP) is 1.74. The Morgan fingerprint density at radius 2 is 2.00 bits per heavy atom. The molecule has 1 atom stereocenters. The fourth-order valence-electron chi connectivity index (χ4n) is 1.96. The Morgan fingerprint density at radius 1 is 1.39 bits per heavy atom. The summed E-state index contributed by atoms with van der Waals surface area (Å²) < 4.78 is 5.36. The third-order valence-electron chi connectivity index (χ3n) is 2.94. The van der Waals surface area contributed by atoms with Crippen molar-refractivity contribution in [2.45, 2.75) is 32.2 Å². The third-order valence-corrected chi connectivity index (χ3v) is 2.94. The van der Waals surface area contributed by atoms with E-state index in [0.29, 0.717) is 0 Å². The number of methoxy groups -OCH3 is 1. The number of hydrogen-bond donors (Lipinski definition) is 2. The number of carbonyl (C=O) groups is 1. The molecule has 0 heterocycles. The summed E-state index contributed by atoms with van der Waals surface area (Å²) in [4.78, 5) is 11.4. The average Bonchev–Trinajstić information content (AvgIpc) is 2.28. The number of rotatable bonds is 4. The Morgan fingerprint density at radius 3 is 2.39 bits per heavy atom. The molecule has 4 heteroatoms. The van der Waals surface area contributed by atoms with E-state index in [-0.39, 0.29) is 11.3 Å². The summed E-state index contributed by atoms with van der Waals surface area (Å²) >= 11 is 0. The first-order valence-electron chi connectivity index (χ1n) is 5.96. The van der Waals surface area contributed by atoms with Gasteiger partial charge in [0.05, 0.1) is 7.11 Å². The van der Waals surface area contributed by atoms with Gasteiger partial charge in [-0.2, -0.15) is 0 Å². The number of ether oxygens (including phenoxy) is 1. The minimum Gasteiger partial charge on any atom is -0.496 e. The van der Waals surface area contributed by atoms with Crippen molar-refractivity contribution in [2.75, 3.05) is 14.2 Å². The molecule has 1 aromatic rings. The van der Waals surface area contributed by atoms with Crippen LogP contribution in [0.1, 0.15) is 37.9 Å². The molecular weight excluding hydrogens is 228 g/mol. The molecule has 0 aromatic heterocycles. The zero-order valence-electron chi connectivity index (χ0n) is 11.7. The maximum absolute atomic E-state index is 11.4. The van der Waals surface area contributed by atoms with E-state index in [0.717, 1.165) is 16.9 Å². The Labute approximate surface area is 109 Å². The summed E-state index contributed by atoms with van der Waals surface area (Å²) in [5.41, 5.74) is 7.23. The van der Waals surface area contributed by atoms with Crippen LogP contribution in [-0.4, -0.2) is 20.1 Å². The highest BCUT2D eigenvalue weighted by atomic mass is 16.5. The van der Waals surface area contributed by atoms with Gasteiger partial charge in [0.15, 0.2) is 0 Å². The van der Waals surface area contributed by atoms with Gasteiger partial charge in [0.1, 0.15) is 11.8 Å². The lowest BCUT2D eigenvalue weighted by Crippen LogP contribution is -2.31. The highest BCUT2D eigenvalue weighted by molar-refractivity contribution is 5.81. The van der Waals surface area contributed by atoms with Crippen LogP contribution in [0.3, 0.4) is 0 Å². The van der Waals surface area contributed by atoms with E-state index in [1.165, 1.54) is 0 Å². The molecule has 3 N–H and O–H groups in total. The first kappa shape index (κ1) is 14.5. The van der Waals surface area contributed by atoms with Crippen molar-refractivity contribution in [3.63, 3.8) is 0 Å². The molecular formula is C14H22N2O2. The molecule has 0 saturated heterocycles. The summed E-state index contributed by atoms with van der Waals surface area (Å²) in [6.45, 7) is 6.31. The Bertz CT molecular complexity index is 436. The van der Waals surface area contributed by atoms with Gasteiger partial charge in [0.25, 0.3) is 0 Å². The van der Waals surface area contributed by atoms with E-state index in [1.54, 1.807) is 14.2 Å². The maximum Gasteiger partial charge on any atom is 0.239 e. The molecule has 0 spiro atoms. The minimum absolute atomic E-state index is 0.0582. The second kappa shape index (κ2) is 5.40. The fourth-order valence-corrected chi connectivity index (χ4v) is 1.96. The summed E-state index contributed by atoms with van der Waals surface area (Å²) in [7, 11) is 3.37. The van der Waals surface area contributed by atoms with Crippen LogP contribution in [0.5, 0.6) is 5.75 Å². The standard InChI is InChI=1S/C14H22N2O2/c1-14(2,3)10-8-9(6-7-11(10)18-5)12(16-4)13(15)17/h6-8,12,16H,1-5H3,(H2,15,17). The summed E-state index contributed by atoms with van der Waals surface area (Å²) in [6, 6.07) is 5.24. The predicted molar refractivity (Wildman–Crippen MR) is 72.7 cm³/mol. The highest BCUT2D eigenvalue weighted by Crippen LogP contribution is 2.33. The van der Waals surface area contributed by atoms with Crippen molar-refractivity contribution in [3.05, 3.63) is 29.3 Å².